The molecule has 0 fully saturated rings. The van der Waals surface area contributed by atoms with E-state index in [1.54, 1.807) is 6.07 Å². The van der Waals surface area contributed by atoms with Crippen molar-refractivity contribution in [1.82, 2.24) is 4.57 Å². The Morgan fingerprint density at radius 1 is 1.15 bits per heavy atom. The van der Waals surface area contributed by atoms with Gasteiger partial charge < -0.3 is 14.2 Å². The predicted octanol–water partition coefficient (Wildman–Crippen LogP) is 3.93. The molecule has 39 heavy (non-hydrogen) atoms. The van der Waals surface area contributed by atoms with E-state index in [0.29, 0.717) is 10.6 Å². The van der Waals surface area contributed by atoms with E-state index in [0.717, 1.165) is 15.9 Å². The lowest BCUT2D eigenvalue weighted by atomic mass is 9.95. The minimum Gasteiger partial charge on any atom is -0.493 e. The number of halogens is 4. The highest BCUT2D eigenvalue weighted by molar-refractivity contribution is 7.07. The summed E-state index contributed by atoms with van der Waals surface area (Å²) in [4.78, 5) is 41.3. The van der Waals surface area contributed by atoms with Crippen LogP contribution in [0.4, 0.5) is 13.2 Å². The molecule has 13 heteroatoms. The van der Waals surface area contributed by atoms with Crippen molar-refractivity contribution in [2.45, 2.75) is 26.1 Å². The number of methoxy groups -OCH3 is 1. The van der Waals surface area contributed by atoms with E-state index in [4.69, 9.17) is 25.8 Å². The first-order valence-corrected chi connectivity index (χ1v) is 12.6. The number of fused-ring (bicyclic) bond motifs is 1. The van der Waals surface area contributed by atoms with Crippen LogP contribution in [0.15, 0.2) is 63.5 Å². The summed E-state index contributed by atoms with van der Waals surface area (Å²) in [7, 11) is 1.36. The number of hydrogen-bond acceptors (Lipinski definition) is 8. The van der Waals surface area contributed by atoms with Crippen LogP contribution < -0.4 is 24.4 Å². The van der Waals surface area contributed by atoms with Gasteiger partial charge in [0, 0.05) is 11.9 Å². The topological polar surface area (TPSA) is 96.2 Å². The second-order valence-electron chi connectivity index (χ2n) is 8.12. The molecule has 0 N–H and O–H groups in total. The molecule has 1 aliphatic heterocycles. The largest absolute Gasteiger partial charge is 0.493 e. The van der Waals surface area contributed by atoms with Gasteiger partial charge in [-0.25, -0.2) is 9.79 Å². The number of ether oxygens (including phenoxy) is 3. The van der Waals surface area contributed by atoms with Crippen LogP contribution in [0.1, 0.15) is 31.0 Å². The zero-order valence-corrected chi connectivity index (χ0v) is 22.2. The summed E-state index contributed by atoms with van der Waals surface area (Å²) in [5.74, 6) is -1.45. The van der Waals surface area contributed by atoms with Crippen LogP contribution in [0.5, 0.6) is 11.5 Å². The van der Waals surface area contributed by atoms with E-state index in [-0.39, 0.29) is 33.0 Å². The third kappa shape index (κ3) is 5.76. The molecule has 0 spiro atoms. The monoisotopic (exact) mass is 580 g/mol. The van der Waals surface area contributed by atoms with Crippen molar-refractivity contribution < 1.29 is 37.0 Å². The number of thiazole rings is 1. The second-order valence-corrected chi connectivity index (χ2v) is 9.56. The van der Waals surface area contributed by atoms with Gasteiger partial charge in [-0.1, -0.05) is 41.1 Å². The maximum absolute atomic E-state index is 14.2. The molecule has 1 aliphatic rings. The third-order valence-electron chi connectivity index (χ3n) is 5.52. The van der Waals surface area contributed by atoms with Gasteiger partial charge in [-0.2, -0.15) is 13.2 Å². The third-order valence-corrected chi connectivity index (χ3v) is 6.75. The average Bonchev–Trinajstić information content (AvgIpc) is 3.18. The van der Waals surface area contributed by atoms with Crippen LogP contribution in [-0.4, -0.2) is 36.4 Å². The van der Waals surface area contributed by atoms with Gasteiger partial charge in [-0.3, -0.25) is 14.2 Å². The lowest BCUT2D eigenvalue weighted by molar-refractivity contribution is -0.140. The van der Waals surface area contributed by atoms with Crippen LogP contribution in [0, 0.1) is 0 Å². The van der Waals surface area contributed by atoms with Gasteiger partial charge in [-0.05, 0) is 48.4 Å². The highest BCUT2D eigenvalue weighted by Crippen LogP contribution is 2.38. The van der Waals surface area contributed by atoms with Crippen LogP contribution in [0.25, 0.3) is 6.08 Å². The van der Waals surface area contributed by atoms with Crippen LogP contribution in [0.3, 0.4) is 0 Å². The van der Waals surface area contributed by atoms with Gasteiger partial charge in [0.15, 0.2) is 22.0 Å². The van der Waals surface area contributed by atoms with Crippen molar-refractivity contribution in [3.8, 4) is 11.5 Å². The molecular formula is C26H20ClF3N2O6S. The molecule has 1 atom stereocenters. The minimum atomic E-state index is -5.01. The molecule has 0 unspecified atom stereocenters. The Balaban J connectivity index is 1.98. The van der Waals surface area contributed by atoms with Crippen molar-refractivity contribution in [3.63, 3.8) is 0 Å². The lowest BCUT2D eigenvalue weighted by Crippen LogP contribution is -2.41. The Labute approximate surface area is 228 Å². The fourth-order valence-electron chi connectivity index (χ4n) is 3.97. The number of carbonyl (C=O) groups is 2. The van der Waals surface area contributed by atoms with Gasteiger partial charge in [0.1, 0.15) is 0 Å². The van der Waals surface area contributed by atoms with Crippen molar-refractivity contribution in [2.24, 2.45) is 4.99 Å². The fourth-order valence-corrected chi connectivity index (χ4v) is 5.09. The Kier molecular flexibility index (Phi) is 7.98. The summed E-state index contributed by atoms with van der Waals surface area (Å²) in [6, 6.07) is 8.78. The second kappa shape index (κ2) is 11.1. The molecule has 0 radical (unpaired) electrons. The zero-order chi connectivity index (χ0) is 28.5. The predicted molar refractivity (Wildman–Crippen MR) is 137 cm³/mol. The van der Waals surface area contributed by atoms with Crippen molar-refractivity contribution in [2.75, 3.05) is 13.7 Å². The Morgan fingerprint density at radius 2 is 1.85 bits per heavy atom. The molecule has 0 bridgehead atoms. The van der Waals surface area contributed by atoms with E-state index in [2.05, 4.69) is 4.99 Å². The Hall–Kier alpha value is -3.90. The number of aromatic nitrogens is 1. The molecule has 0 saturated carbocycles. The van der Waals surface area contributed by atoms with E-state index < -0.39 is 41.0 Å². The molecule has 2 aromatic carbocycles. The highest BCUT2D eigenvalue weighted by atomic mass is 35.5. The summed E-state index contributed by atoms with van der Waals surface area (Å²) in [5, 5.41) is 0.315. The van der Waals surface area contributed by atoms with Crippen molar-refractivity contribution >= 4 is 41.0 Å². The molecule has 1 aromatic heterocycles. The van der Waals surface area contributed by atoms with Gasteiger partial charge in [0.05, 0.1) is 29.9 Å². The molecule has 2 heterocycles. The first-order valence-electron chi connectivity index (χ1n) is 11.4. The van der Waals surface area contributed by atoms with Gasteiger partial charge in [-0.15, -0.1) is 0 Å². The molecular weight excluding hydrogens is 561 g/mol. The van der Waals surface area contributed by atoms with E-state index in [1.807, 2.05) is 0 Å². The van der Waals surface area contributed by atoms with Gasteiger partial charge in [0.25, 0.3) is 5.56 Å². The standard InChI is InChI=1S/C26H20ClF3N2O6S/c1-4-37-24(35)20-21(15-6-8-16(27)9-7-15)32-23(34)19(39-25(32)31-22(20)26(28,29)30)12-14-5-10-17(38-13(2)33)18(11-14)36-3/h5-12,21H,4H2,1-3H3/b19-12-/t21-/m1/s1. The summed E-state index contributed by atoms with van der Waals surface area (Å²) < 4.78 is 58.9. The smallest absolute Gasteiger partial charge is 0.434 e. The molecule has 204 valence electrons. The minimum absolute atomic E-state index is 0.0432. The van der Waals surface area contributed by atoms with Crippen molar-refractivity contribution in [3.05, 3.63) is 89.6 Å². The Morgan fingerprint density at radius 3 is 2.44 bits per heavy atom. The molecule has 4 rings (SSSR count). The summed E-state index contributed by atoms with van der Waals surface area (Å²) in [6.07, 6.45) is -3.58. The van der Waals surface area contributed by atoms with Crippen LogP contribution in [-0.2, 0) is 14.3 Å². The summed E-state index contributed by atoms with van der Waals surface area (Å²) in [6.45, 7) is 2.50. The molecule has 3 aromatic rings. The molecule has 0 aliphatic carbocycles. The maximum atomic E-state index is 14.2. The van der Waals surface area contributed by atoms with E-state index >= 15 is 0 Å². The lowest BCUT2D eigenvalue weighted by Gasteiger charge is -2.26. The molecule has 8 nitrogen and oxygen atoms in total. The number of rotatable bonds is 6. The first kappa shape index (κ1) is 28.1. The van der Waals surface area contributed by atoms with Crippen molar-refractivity contribution in [1.29, 1.82) is 0 Å². The number of benzene rings is 2. The number of esters is 2. The summed E-state index contributed by atoms with van der Waals surface area (Å²) >= 11 is 6.70. The maximum Gasteiger partial charge on any atom is 0.434 e. The molecule has 0 amide bonds. The Bertz CT molecular complexity index is 1660. The molecule has 0 saturated heterocycles. The number of nitrogens with zero attached hydrogens (tertiary/aromatic N) is 2. The highest BCUT2D eigenvalue weighted by Gasteiger charge is 2.45. The zero-order valence-electron chi connectivity index (χ0n) is 20.7. The van der Waals surface area contributed by atoms with Crippen LogP contribution >= 0.6 is 22.9 Å². The van der Waals surface area contributed by atoms with Gasteiger partial charge >= 0.3 is 18.1 Å². The number of carbonyl (C=O) groups excluding carboxylic acids is 2. The van der Waals surface area contributed by atoms with Crippen LogP contribution in [0.2, 0.25) is 5.02 Å². The van der Waals surface area contributed by atoms with E-state index in [9.17, 15) is 27.6 Å². The number of allylic oxidation sites excluding steroid dienone is 1. The normalized spacial score (nSPS) is 15.5. The fraction of sp³-hybridized carbons (Fsp3) is 0.231. The SMILES string of the molecule is CCOC(=O)C1=C(C(F)(F)F)N=c2s/c(=C\c3ccc(OC(C)=O)c(OC)c3)c(=O)n2[C@@H]1c1ccc(Cl)cc1. The quantitative estimate of drug-likeness (QED) is 0.324. The number of alkyl halides is 3. The van der Waals surface area contributed by atoms with Gasteiger partial charge in [0.2, 0.25) is 0 Å². The number of hydrogen-bond donors (Lipinski definition) is 0. The van der Waals surface area contributed by atoms with E-state index in [1.165, 1.54) is 63.4 Å². The summed E-state index contributed by atoms with van der Waals surface area (Å²) in [5.41, 5.74) is -2.28. The average molecular weight is 581 g/mol. The first-order chi connectivity index (χ1) is 18.4.